The fraction of sp³-hybridized carbons (Fsp3) is 0.154. The molecule has 0 amide bonds. The molecule has 1 aromatic heterocycles. The second-order valence-electron chi connectivity index (χ2n) is 3.73. The molecule has 94 valence electrons. The van der Waals surface area contributed by atoms with E-state index in [4.69, 9.17) is 10.5 Å². The number of pyridine rings is 1. The number of hydrogen-bond acceptors (Lipinski definition) is 3. The molecule has 3 nitrogen and oxygen atoms in total. The van der Waals surface area contributed by atoms with Crippen molar-refractivity contribution in [3.05, 3.63) is 59.9 Å². The van der Waals surface area contributed by atoms with Gasteiger partial charge in [-0.25, -0.2) is 8.78 Å². The summed E-state index contributed by atoms with van der Waals surface area (Å²) in [7, 11) is 0. The first-order valence-corrected chi connectivity index (χ1v) is 5.42. The van der Waals surface area contributed by atoms with Crippen LogP contribution >= 0.6 is 0 Å². The fourth-order valence-electron chi connectivity index (χ4n) is 1.58. The predicted octanol–water partition coefficient (Wildman–Crippen LogP) is 2.44. The highest BCUT2D eigenvalue weighted by molar-refractivity contribution is 5.25. The molecule has 18 heavy (non-hydrogen) atoms. The van der Waals surface area contributed by atoms with Crippen molar-refractivity contribution in [1.29, 1.82) is 0 Å². The molecule has 1 atom stereocenters. The minimum Gasteiger partial charge on any atom is -0.484 e. The standard InChI is InChI=1S/C13H12F2N2O/c14-10-4-11(15)6-12(5-10)18-13(7-16)9-2-1-3-17-8-9/h1-6,8,13H,7,16H2. The van der Waals surface area contributed by atoms with Crippen molar-refractivity contribution >= 4 is 0 Å². The monoisotopic (exact) mass is 250 g/mol. The second-order valence-corrected chi connectivity index (χ2v) is 3.73. The van der Waals surface area contributed by atoms with Gasteiger partial charge in [0.15, 0.2) is 0 Å². The predicted molar refractivity (Wildman–Crippen MR) is 63.0 cm³/mol. The summed E-state index contributed by atoms with van der Waals surface area (Å²) in [6.45, 7) is 0.184. The maximum absolute atomic E-state index is 13.0. The molecule has 0 spiro atoms. The summed E-state index contributed by atoms with van der Waals surface area (Å²) >= 11 is 0. The average molecular weight is 250 g/mol. The van der Waals surface area contributed by atoms with Crippen molar-refractivity contribution in [1.82, 2.24) is 4.98 Å². The van der Waals surface area contributed by atoms with Crippen molar-refractivity contribution < 1.29 is 13.5 Å². The number of halogens is 2. The van der Waals surface area contributed by atoms with Crippen LogP contribution in [0.4, 0.5) is 8.78 Å². The van der Waals surface area contributed by atoms with E-state index < -0.39 is 17.7 Å². The van der Waals surface area contributed by atoms with Gasteiger partial charge in [0.05, 0.1) is 0 Å². The zero-order chi connectivity index (χ0) is 13.0. The minimum atomic E-state index is -0.688. The van der Waals surface area contributed by atoms with E-state index in [-0.39, 0.29) is 12.3 Å². The molecule has 0 saturated heterocycles. The number of nitrogens with zero attached hydrogens (tertiary/aromatic N) is 1. The maximum atomic E-state index is 13.0. The van der Waals surface area contributed by atoms with Gasteiger partial charge in [-0.1, -0.05) is 6.07 Å². The SMILES string of the molecule is NCC(Oc1cc(F)cc(F)c1)c1cccnc1. The van der Waals surface area contributed by atoms with Crippen molar-refractivity contribution in [2.45, 2.75) is 6.10 Å². The third-order valence-electron chi connectivity index (χ3n) is 2.38. The zero-order valence-corrected chi connectivity index (χ0v) is 9.51. The first-order chi connectivity index (χ1) is 8.69. The second kappa shape index (κ2) is 5.55. The summed E-state index contributed by atoms with van der Waals surface area (Å²) < 4.78 is 31.5. The Morgan fingerprint density at radius 2 is 1.94 bits per heavy atom. The molecule has 0 radical (unpaired) electrons. The van der Waals surface area contributed by atoms with E-state index >= 15 is 0 Å². The Balaban J connectivity index is 2.20. The van der Waals surface area contributed by atoms with Crippen molar-refractivity contribution in [3.8, 4) is 5.75 Å². The Morgan fingerprint density at radius 1 is 1.22 bits per heavy atom. The van der Waals surface area contributed by atoms with E-state index in [1.807, 2.05) is 0 Å². The number of hydrogen-bond donors (Lipinski definition) is 1. The topological polar surface area (TPSA) is 48.1 Å². The fourth-order valence-corrected chi connectivity index (χ4v) is 1.58. The lowest BCUT2D eigenvalue weighted by molar-refractivity contribution is 0.212. The molecule has 1 aromatic carbocycles. The highest BCUT2D eigenvalue weighted by atomic mass is 19.1. The van der Waals surface area contributed by atoms with E-state index in [9.17, 15) is 8.78 Å². The van der Waals surface area contributed by atoms with Crippen LogP contribution < -0.4 is 10.5 Å². The maximum Gasteiger partial charge on any atom is 0.137 e. The lowest BCUT2D eigenvalue weighted by Crippen LogP contribution is -2.18. The van der Waals surface area contributed by atoms with Crippen LogP contribution in [0.1, 0.15) is 11.7 Å². The average Bonchev–Trinajstić information content (AvgIpc) is 2.36. The lowest BCUT2D eigenvalue weighted by Gasteiger charge is -2.17. The molecular formula is C13H12F2N2O. The highest BCUT2D eigenvalue weighted by Gasteiger charge is 2.12. The van der Waals surface area contributed by atoms with Crippen LogP contribution in [0, 0.1) is 11.6 Å². The van der Waals surface area contributed by atoms with Crippen LogP contribution in [-0.4, -0.2) is 11.5 Å². The molecule has 2 rings (SSSR count). The molecule has 0 aliphatic rings. The van der Waals surface area contributed by atoms with Gasteiger partial charge in [0.1, 0.15) is 23.5 Å². The Morgan fingerprint density at radius 3 is 2.50 bits per heavy atom. The molecule has 0 bridgehead atoms. The van der Waals surface area contributed by atoms with Gasteiger partial charge in [-0.2, -0.15) is 0 Å². The zero-order valence-electron chi connectivity index (χ0n) is 9.51. The van der Waals surface area contributed by atoms with Crippen LogP contribution in [-0.2, 0) is 0 Å². The normalized spacial score (nSPS) is 12.2. The Hall–Kier alpha value is -2.01. The lowest BCUT2D eigenvalue weighted by atomic mass is 10.1. The smallest absolute Gasteiger partial charge is 0.137 e. The Labute approximate surface area is 103 Å². The number of ether oxygens (including phenoxy) is 1. The van der Waals surface area contributed by atoms with Crippen molar-refractivity contribution in [2.24, 2.45) is 5.73 Å². The number of nitrogens with two attached hydrogens (primary N) is 1. The molecule has 0 saturated carbocycles. The van der Waals surface area contributed by atoms with Gasteiger partial charge in [-0.3, -0.25) is 4.98 Å². The minimum absolute atomic E-state index is 0.104. The molecule has 0 aliphatic heterocycles. The van der Waals surface area contributed by atoms with Gasteiger partial charge in [0.2, 0.25) is 0 Å². The van der Waals surface area contributed by atoms with Gasteiger partial charge in [-0.15, -0.1) is 0 Å². The summed E-state index contributed by atoms with van der Waals surface area (Å²) in [5.41, 5.74) is 6.34. The van der Waals surface area contributed by atoms with Gasteiger partial charge in [0.25, 0.3) is 0 Å². The first kappa shape index (κ1) is 12.4. The summed E-state index contributed by atoms with van der Waals surface area (Å²) in [4.78, 5) is 3.95. The van der Waals surface area contributed by atoms with Gasteiger partial charge in [0, 0.05) is 42.7 Å². The third kappa shape index (κ3) is 3.01. The number of aromatic nitrogens is 1. The van der Waals surface area contributed by atoms with Crippen molar-refractivity contribution in [3.63, 3.8) is 0 Å². The summed E-state index contributed by atoms with van der Waals surface area (Å²) in [5.74, 6) is -1.27. The molecule has 2 N–H and O–H groups in total. The summed E-state index contributed by atoms with van der Waals surface area (Å²) in [5, 5.41) is 0. The highest BCUT2D eigenvalue weighted by Crippen LogP contribution is 2.22. The van der Waals surface area contributed by atoms with Crippen molar-refractivity contribution in [2.75, 3.05) is 6.54 Å². The quantitative estimate of drug-likeness (QED) is 0.906. The van der Waals surface area contributed by atoms with Crippen LogP contribution in [0.15, 0.2) is 42.7 Å². The molecule has 0 fully saturated rings. The van der Waals surface area contributed by atoms with Gasteiger partial charge in [-0.05, 0) is 6.07 Å². The molecule has 5 heteroatoms. The van der Waals surface area contributed by atoms with Gasteiger partial charge >= 0.3 is 0 Å². The molecule has 2 aromatic rings. The molecular weight excluding hydrogens is 238 g/mol. The van der Waals surface area contributed by atoms with Crippen LogP contribution in [0.25, 0.3) is 0 Å². The van der Waals surface area contributed by atoms with E-state index in [1.165, 1.54) is 0 Å². The van der Waals surface area contributed by atoms with E-state index in [0.717, 1.165) is 23.8 Å². The number of rotatable bonds is 4. The third-order valence-corrected chi connectivity index (χ3v) is 2.38. The molecule has 0 aliphatic carbocycles. The van der Waals surface area contributed by atoms with E-state index in [1.54, 1.807) is 24.5 Å². The molecule has 1 unspecified atom stereocenters. The van der Waals surface area contributed by atoms with Crippen LogP contribution in [0.3, 0.4) is 0 Å². The van der Waals surface area contributed by atoms with Gasteiger partial charge < -0.3 is 10.5 Å². The summed E-state index contributed by atoms with van der Waals surface area (Å²) in [6, 6.07) is 6.55. The number of benzene rings is 1. The summed E-state index contributed by atoms with van der Waals surface area (Å²) in [6.07, 6.45) is 2.74. The van der Waals surface area contributed by atoms with Crippen LogP contribution in [0.5, 0.6) is 5.75 Å². The van der Waals surface area contributed by atoms with Crippen LogP contribution in [0.2, 0.25) is 0 Å². The molecule has 1 heterocycles. The largest absolute Gasteiger partial charge is 0.484 e. The Kier molecular flexibility index (Phi) is 3.84. The first-order valence-electron chi connectivity index (χ1n) is 5.42. The Bertz CT molecular complexity index is 499. The van der Waals surface area contributed by atoms with E-state index in [0.29, 0.717) is 0 Å². The van der Waals surface area contributed by atoms with E-state index in [2.05, 4.69) is 4.98 Å².